The molecule has 3 aromatic rings. The number of ether oxygens (including phenoxy) is 1. The fraction of sp³-hybridized carbons (Fsp3) is 0.133. The van der Waals surface area contributed by atoms with E-state index in [-0.39, 0.29) is 5.75 Å². The van der Waals surface area contributed by atoms with Crippen molar-refractivity contribution >= 4 is 34.9 Å². The topological polar surface area (TPSA) is 29.9 Å². The maximum atomic E-state index is 13.8. The Labute approximate surface area is 130 Å². The van der Waals surface area contributed by atoms with Crippen molar-refractivity contribution < 1.29 is 9.13 Å². The van der Waals surface area contributed by atoms with E-state index in [0.717, 1.165) is 11.3 Å². The van der Waals surface area contributed by atoms with Crippen molar-refractivity contribution in [2.75, 3.05) is 7.11 Å². The summed E-state index contributed by atoms with van der Waals surface area (Å²) in [6.07, 6.45) is 0. The number of rotatable bonds is 2. The van der Waals surface area contributed by atoms with E-state index in [1.165, 1.54) is 13.2 Å². The Morgan fingerprint density at radius 2 is 2.05 bits per heavy atom. The van der Waals surface area contributed by atoms with Gasteiger partial charge in [0.05, 0.1) is 28.9 Å². The van der Waals surface area contributed by atoms with Crippen LogP contribution in [0.3, 0.4) is 0 Å². The number of benzene rings is 2. The zero-order valence-electron chi connectivity index (χ0n) is 11.4. The van der Waals surface area contributed by atoms with Gasteiger partial charge < -0.3 is 9.72 Å². The van der Waals surface area contributed by atoms with Crippen LogP contribution in [0.4, 0.5) is 4.39 Å². The first-order chi connectivity index (χ1) is 10.0. The van der Waals surface area contributed by atoms with Gasteiger partial charge in [-0.15, -0.1) is 0 Å². The monoisotopic (exact) mass is 322 g/mol. The molecule has 0 unspecified atom stereocenters. The Balaban J connectivity index is 2.39. The summed E-state index contributed by atoms with van der Waals surface area (Å²) in [4.78, 5) is 2.99. The molecule has 0 aliphatic rings. The number of methoxy groups -OCH3 is 1. The standard InChI is InChI=1S/C15H12ClFN2OS/c1-8-3-4-9(16)12(5-8)19-13-7-14(20-2)10(17)6-11(13)18-15(19)21/h3-7H,1-2H3,(H,18,21). The first-order valence-electron chi connectivity index (χ1n) is 6.26. The lowest BCUT2D eigenvalue weighted by atomic mass is 10.2. The van der Waals surface area contributed by atoms with Crippen LogP contribution in [0.1, 0.15) is 5.56 Å². The van der Waals surface area contributed by atoms with E-state index in [4.69, 9.17) is 28.6 Å². The summed E-state index contributed by atoms with van der Waals surface area (Å²) in [5, 5.41) is 0.570. The van der Waals surface area contributed by atoms with Crippen molar-refractivity contribution in [2.24, 2.45) is 0 Å². The van der Waals surface area contributed by atoms with Gasteiger partial charge in [-0.25, -0.2) is 4.39 Å². The first kappa shape index (κ1) is 14.1. The van der Waals surface area contributed by atoms with Crippen molar-refractivity contribution in [3.63, 3.8) is 0 Å². The van der Waals surface area contributed by atoms with E-state index in [0.29, 0.717) is 20.8 Å². The van der Waals surface area contributed by atoms with Crippen LogP contribution < -0.4 is 4.74 Å². The van der Waals surface area contributed by atoms with Crippen molar-refractivity contribution in [3.05, 3.63) is 51.5 Å². The Morgan fingerprint density at radius 1 is 1.29 bits per heavy atom. The zero-order chi connectivity index (χ0) is 15.1. The molecule has 1 heterocycles. The van der Waals surface area contributed by atoms with Gasteiger partial charge in [0, 0.05) is 12.1 Å². The van der Waals surface area contributed by atoms with Crippen LogP contribution >= 0.6 is 23.8 Å². The number of nitrogens with zero attached hydrogens (tertiary/aromatic N) is 1. The molecule has 0 atom stereocenters. The predicted octanol–water partition coefficient (Wildman–Crippen LogP) is 4.80. The van der Waals surface area contributed by atoms with E-state index >= 15 is 0 Å². The van der Waals surface area contributed by atoms with E-state index < -0.39 is 5.82 Å². The molecule has 0 fully saturated rings. The number of hydrogen-bond acceptors (Lipinski definition) is 2. The Bertz CT molecular complexity index is 901. The molecular weight excluding hydrogens is 311 g/mol. The molecule has 0 saturated carbocycles. The summed E-state index contributed by atoms with van der Waals surface area (Å²) in [7, 11) is 1.43. The first-order valence-corrected chi connectivity index (χ1v) is 7.04. The molecule has 1 aromatic heterocycles. The minimum atomic E-state index is -0.441. The second kappa shape index (κ2) is 5.16. The Hall–Kier alpha value is -1.85. The number of H-pyrrole nitrogens is 1. The largest absolute Gasteiger partial charge is 0.494 e. The fourth-order valence-electron chi connectivity index (χ4n) is 2.30. The van der Waals surface area contributed by atoms with Crippen LogP contribution in [0.15, 0.2) is 30.3 Å². The van der Waals surface area contributed by atoms with Crippen molar-refractivity contribution in [1.82, 2.24) is 9.55 Å². The molecule has 0 spiro atoms. The molecule has 108 valence electrons. The molecule has 0 bridgehead atoms. The van der Waals surface area contributed by atoms with E-state index in [2.05, 4.69) is 4.98 Å². The average Bonchev–Trinajstić information content (AvgIpc) is 2.75. The predicted molar refractivity (Wildman–Crippen MR) is 84.7 cm³/mol. The highest BCUT2D eigenvalue weighted by Gasteiger charge is 2.13. The molecular formula is C15H12ClFN2OS. The number of aromatic amines is 1. The molecule has 0 aliphatic heterocycles. The maximum absolute atomic E-state index is 13.8. The average molecular weight is 323 g/mol. The third-order valence-corrected chi connectivity index (χ3v) is 3.90. The van der Waals surface area contributed by atoms with Crippen LogP contribution in [-0.4, -0.2) is 16.7 Å². The minimum Gasteiger partial charge on any atom is -0.494 e. The summed E-state index contributed by atoms with van der Waals surface area (Å²) < 4.78 is 21.1. The van der Waals surface area contributed by atoms with Gasteiger partial charge in [0.15, 0.2) is 16.3 Å². The summed E-state index contributed by atoms with van der Waals surface area (Å²) in [6.45, 7) is 1.97. The van der Waals surface area contributed by atoms with Crippen LogP contribution in [0.5, 0.6) is 5.75 Å². The molecule has 3 rings (SSSR count). The third kappa shape index (κ3) is 2.32. The highest BCUT2D eigenvalue weighted by Crippen LogP contribution is 2.30. The number of hydrogen-bond donors (Lipinski definition) is 1. The fourth-order valence-corrected chi connectivity index (χ4v) is 2.81. The lowest BCUT2D eigenvalue weighted by Gasteiger charge is -2.09. The lowest BCUT2D eigenvalue weighted by Crippen LogP contribution is -1.97. The normalized spacial score (nSPS) is 11.0. The SMILES string of the molecule is COc1cc2c(cc1F)[nH]c(=S)n2-c1cc(C)ccc1Cl. The quantitative estimate of drug-likeness (QED) is 0.687. The third-order valence-electron chi connectivity index (χ3n) is 3.30. The zero-order valence-corrected chi connectivity index (χ0v) is 13.0. The van der Waals surface area contributed by atoms with Gasteiger partial charge in [-0.2, -0.15) is 0 Å². The minimum absolute atomic E-state index is 0.161. The van der Waals surface area contributed by atoms with Gasteiger partial charge in [-0.05, 0) is 36.8 Å². The Morgan fingerprint density at radius 3 is 2.76 bits per heavy atom. The van der Waals surface area contributed by atoms with Crippen molar-refractivity contribution in [2.45, 2.75) is 6.92 Å². The van der Waals surface area contributed by atoms with Crippen LogP contribution in [0, 0.1) is 17.5 Å². The molecule has 3 nitrogen and oxygen atoms in total. The van der Waals surface area contributed by atoms with Gasteiger partial charge in [0.1, 0.15) is 0 Å². The maximum Gasteiger partial charge on any atom is 0.182 e. The number of fused-ring (bicyclic) bond motifs is 1. The molecule has 1 N–H and O–H groups in total. The Kier molecular flexibility index (Phi) is 3.47. The van der Waals surface area contributed by atoms with Gasteiger partial charge in [0.2, 0.25) is 0 Å². The molecule has 0 saturated heterocycles. The number of nitrogens with one attached hydrogen (secondary N) is 1. The van der Waals surface area contributed by atoms with Crippen LogP contribution in [-0.2, 0) is 0 Å². The molecule has 0 aliphatic carbocycles. The van der Waals surface area contributed by atoms with Crippen LogP contribution in [0.2, 0.25) is 5.02 Å². The number of aromatic nitrogens is 2. The van der Waals surface area contributed by atoms with Gasteiger partial charge in [-0.3, -0.25) is 4.57 Å². The van der Waals surface area contributed by atoms with Gasteiger partial charge >= 0.3 is 0 Å². The lowest BCUT2D eigenvalue weighted by molar-refractivity contribution is 0.387. The molecule has 0 radical (unpaired) electrons. The van der Waals surface area contributed by atoms with Gasteiger partial charge in [-0.1, -0.05) is 17.7 Å². The highest BCUT2D eigenvalue weighted by atomic mass is 35.5. The van der Waals surface area contributed by atoms with Crippen molar-refractivity contribution in [1.29, 1.82) is 0 Å². The summed E-state index contributed by atoms with van der Waals surface area (Å²) in [5.74, 6) is -0.280. The number of aryl methyl sites for hydroxylation is 1. The van der Waals surface area contributed by atoms with Crippen molar-refractivity contribution in [3.8, 4) is 11.4 Å². The molecule has 6 heteroatoms. The number of imidazole rings is 1. The van der Waals surface area contributed by atoms with E-state index in [1.807, 2.05) is 25.1 Å². The second-order valence-electron chi connectivity index (χ2n) is 4.72. The highest BCUT2D eigenvalue weighted by molar-refractivity contribution is 7.71. The number of halogens is 2. The molecule has 2 aromatic carbocycles. The second-order valence-corrected chi connectivity index (χ2v) is 5.52. The molecule has 0 amide bonds. The summed E-state index contributed by atoms with van der Waals surface area (Å²) >= 11 is 11.6. The smallest absolute Gasteiger partial charge is 0.182 e. The van der Waals surface area contributed by atoms with E-state index in [9.17, 15) is 4.39 Å². The summed E-state index contributed by atoms with van der Waals surface area (Å²) in [5.41, 5.74) is 3.11. The summed E-state index contributed by atoms with van der Waals surface area (Å²) in [6, 6.07) is 8.64. The van der Waals surface area contributed by atoms with Gasteiger partial charge in [0.25, 0.3) is 0 Å². The molecule has 21 heavy (non-hydrogen) atoms. The van der Waals surface area contributed by atoms with E-state index in [1.54, 1.807) is 10.6 Å². The van der Waals surface area contributed by atoms with Crippen LogP contribution in [0.25, 0.3) is 16.7 Å².